The van der Waals surface area contributed by atoms with Gasteiger partial charge < -0.3 is 15.0 Å². The van der Waals surface area contributed by atoms with Crippen molar-refractivity contribution in [3.63, 3.8) is 0 Å². The molecule has 0 bridgehead atoms. The van der Waals surface area contributed by atoms with Crippen molar-refractivity contribution in [3.8, 4) is 11.1 Å². The highest BCUT2D eigenvalue weighted by atomic mass is 16.5. The molecule has 1 unspecified atom stereocenters. The Kier molecular flexibility index (Phi) is 6.41. The van der Waals surface area contributed by atoms with Crippen LogP contribution >= 0.6 is 0 Å². The molecule has 1 saturated heterocycles. The van der Waals surface area contributed by atoms with Gasteiger partial charge in [0, 0.05) is 38.8 Å². The van der Waals surface area contributed by atoms with Gasteiger partial charge in [0.25, 0.3) is 5.91 Å². The number of carbonyl (C=O) groups is 2. The van der Waals surface area contributed by atoms with Crippen LogP contribution in [0.5, 0.6) is 0 Å². The van der Waals surface area contributed by atoms with Gasteiger partial charge in [-0.05, 0) is 29.2 Å². The van der Waals surface area contributed by atoms with E-state index in [1.807, 2.05) is 43.5 Å². The molecule has 0 aliphatic carbocycles. The molecule has 1 aromatic carbocycles. The molecule has 2 amide bonds. The monoisotopic (exact) mass is 381 g/mol. The minimum Gasteiger partial charge on any atom is -0.361 e. The third kappa shape index (κ3) is 4.39. The molecule has 1 aromatic heterocycles. The third-order valence-electron chi connectivity index (χ3n) is 5.05. The number of likely N-dealkylation sites (N-methyl/N-ethyl adjacent to an activating group) is 1. The van der Waals surface area contributed by atoms with Crippen molar-refractivity contribution in [2.24, 2.45) is 0 Å². The predicted octanol–water partition coefficient (Wildman–Crippen LogP) is 2.43. The summed E-state index contributed by atoms with van der Waals surface area (Å²) in [7, 11) is 1.60. The van der Waals surface area contributed by atoms with Gasteiger partial charge in [-0.3, -0.25) is 14.6 Å². The number of benzene rings is 1. The molecule has 3 rings (SSSR count). The molecular formula is C22H27N3O3. The minimum atomic E-state index is -1.08. The number of aromatic nitrogens is 1. The Hall–Kier alpha value is -2.73. The number of hydrogen-bond acceptors (Lipinski definition) is 4. The fourth-order valence-electron chi connectivity index (χ4n) is 3.65. The minimum absolute atomic E-state index is 0.0724. The van der Waals surface area contributed by atoms with E-state index in [9.17, 15) is 9.59 Å². The smallest absolute Gasteiger partial charge is 0.254 e. The average molecular weight is 381 g/mol. The number of hydrogen-bond donors (Lipinski definition) is 1. The quantitative estimate of drug-likeness (QED) is 0.834. The lowest BCUT2D eigenvalue weighted by molar-refractivity contribution is -0.165. The number of rotatable bonds is 6. The second kappa shape index (κ2) is 8.97. The summed E-state index contributed by atoms with van der Waals surface area (Å²) in [6, 6.07) is 11.9. The highest BCUT2D eigenvalue weighted by molar-refractivity contribution is 5.87. The summed E-state index contributed by atoms with van der Waals surface area (Å²) in [5.41, 5.74) is 1.95. The van der Waals surface area contributed by atoms with Gasteiger partial charge in [-0.1, -0.05) is 37.3 Å². The average Bonchev–Trinajstić information content (AvgIpc) is 2.74. The Morgan fingerprint density at radius 3 is 2.79 bits per heavy atom. The van der Waals surface area contributed by atoms with E-state index in [4.69, 9.17) is 4.74 Å². The van der Waals surface area contributed by atoms with Gasteiger partial charge in [0.1, 0.15) is 0 Å². The molecule has 2 heterocycles. The fraction of sp³-hybridized carbons (Fsp3) is 0.409. The summed E-state index contributed by atoms with van der Waals surface area (Å²) >= 11 is 0. The Bertz CT molecular complexity index is 825. The molecular weight excluding hydrogens is 354 g/mol. The topological polar surface area (TPSA) is 71.5 Å². The van der Waals surface area contributed by atoms with Gasteiger partial charge in [0.05, 0.1) is 13.2 Å². The van der Waals surface area contributed by atoms with E-state index in [0.29, 0.717) is 26.0 Å². The third-order valence-corrected chi connectivity index (χ3v) is 5.05. The van der Waals surface area contributed by atoms with Crippen LogP contribution in [0.15, 0.2) is 48.8 Å². The first-order chi connectivity index (χ1) is 13.6. The van der Waals surface area contributed by atoms with E-state index in [-0.39, 0.29) is 18.4 Å². The number of nitrogens with one attached hydrogen (secondary N) is 1. The van der Waals surface area contributed by atoms with Crippen LogP contribution in [0.2, 0.25) is 0 Å². The predicted molar refractivity (Wildman–Crippen MR) is 108 cm³/mol. The summed E-state index contributed by atoms with van der Waals surface area (Å²) in [5.74, 6) is -0.128. The molecule has 148 valence electrons. The molecule has 0 radical (unpaired) electrons. The van der Waals surface area contributed by atoms with Crippen LogP contribution in [0.25, 0.3) is 11.1 Å². The van der Waals surface area contributed by atoms with E-state index in [1.165, 1.54) is 0 Å². The normalized spacial score (nSPS) is 19.3. The van der Waals surface area contributed by atoms with Gasteiger partial charge >= 0.3 is 0 Å². The zero-order chi connectivity index (χ0) is 20.0. The van der Waals surface area contributed by atoms with Crippen LogP contribution in [0.4, 0.5) is 0 Å². The van der Waals surface area contributed by atoms with E-state index >= 15 is 0 Å². The van der Waals surface area contributed by atoms with Crippen molar-refractivity contribution in [1.82, 2.24) is 15.2 Å². The molecule has 2 aromatic rings. The Morgan fingerprint density at radius 2 is 2.07 bits per heavy atom. The zero-order valence-electron chi connectivity index (χ0n) is 16.5. The number of amides is 2. The lowest BCUT2D eigenvalue weighted by atomic mass is 9.90. The van der Waals surface area contributed by atoms with Crippen molar-refractivity contribution in [2.75, 3.05) is 26.7 Å². The first kappa shape index (κ1) is 20.0. The summed E-state index contributed by atoms with van der Waals surface area (Å²) < 4.78 is 6.01. The second-order valence-corrected chi connectivity index (χ2v) is 7.11. The number of pyridine rings is 1. The maximum atomic E-state index is 12.8. The Balaban J connectivity index is 1.87. The summed E-state index contributed by atoms with van der Waals surface area (Å²) in [4.78, 5) is 31.1. The van der Waals surface area contributed by atoms with Crippen molar-refractivity contribution >= 4 is 11.8 Å². The van der Waals surface area contributed by atoms with Crippen LogP contribution in [0.1, 0.15) is 25.3 Å². The van der Waals surface area contributed by atoms with Crippen molar-refractivity contribution in [1.29, 1.82) is 0 Å². The number of morpholine rings is 1. The fourth-order valence-corrected chi connectivity index (χ4v) is 3.65. The van der Waals surface area contributed by atoms with Crippen LogP contribution in [0, 0.1) is 0 Å². The van der Waals surface area contributed by atoms with E-state index in [0.717, 1.165) is 23.1 Å². The summed E-state index contributed by atoms with van der Waals surface area (Å²) in [5, 5.41) is 2.72. The van der Waals surface area contributed by atoms with Crippen molar-refractivity contribution in [3.05, 3.63) is 54.4 Å². The first-order valence-corrected chi connectivity index (χ1v) is 9.71. The lowest BCUT2D eigenvalue weighted by Crippen LogP contribution is -2.61. The SMILES string of the molecule is CCCC(=O)N1CCOC(Cc2cccc(-c3cccnc3)c2)(C(=O)NC)C1. The lowest BCUT2D eigenvalue weighted by Gasteiger charge is -2.41. The van der Waals surface area contributed by atoms with E-state index < -0.39 is 5.60 Å². The molecule has 1 aliphatic heterocycles. The standard InChI is InChI=1S/C22H27N3O3/c1-3-6-20(26)25-11-12-28-22(16-25,21(27)23-2)14-17-7-4-8-18(13-17)19-9-5-10-24-15-19/h4-5,7-10,13,15H,3,6,11-12,14,16H2,1-2H3,(H,23,27). The molecule has 28 heavy (non-hydrogen) atoms. The van der Waals surface area contributed by atoms with Crippen molar-refractivity contribution in [2.45, 2.75) is 31.8 Å². The molecule has 6 nitrogen and oxygen atoms in total. The largest absolute Gasteiger partial charge is 0.361 e. The van der Waals surface area contributed by atoms with E-state index in [2.05, 4.69) is 16.4 Å². The number of carbonyl (C=O) groups excluding carboxylic acids is 2. The van der Waals surface area contributed by atoms with Gasteiger partial charge in [-0.25, -0.2) is 0 Å². The highest BCUT2D eigenvalue weighted by Crippen LogP contribution is 2.27. The van der Waals surface area contributed by atoms with Crippen LogP contribution in [-0.2, 0) is 20.7 Å². The summed E-state index contributed by atoms with van der Waals surface area (Å²) in [6.45, 7) is 3.12. The Labute approximate surface area is 165 Å². The maximum Gasteiger partial charge on any atom is 0.254 e. The van der Waals surface area contributed by atoms with E-state index in [1.54, 1.807) is 18.1 Å². The maximum absolute atomic E-state index is 12.8. The number of ether oxygens (including phenoxy) is 1. The molecule has 0 spiro atoms. The molecule has 0 saturated carbocycles. The van der Waals surface area contributed by atoms with Gasteiger partial charge in [-0.2, -0.15) is 0 Å². The second-order valence-electron chi connectivity index (χ2n) is 7.11. The van der Waals surface area contributed by atoms with Gasteiger partial charge in [0.15, 0.2) is 5.60 Å². The molecule has 1 fully saturated rings. The molecule has 1 N–H and O–H groups in total. The van der Waals surface area contributed by atoms with Gasteiger partial charge in [-0.15, -0.1) is 0 Å². The highest BCUT2D eigenvalue weighted by Gasteiger charge is 2.44. The Morgan fingerprint density at radius 1 is 1.25 bits per heavy atom. The van der Waals surface area contributed by atoms with Gasteiger partial charge in [0.2, 0.25) is 5.91 Å². The van der Waals surface area contributed by atoms with Crippen molar-refractivity contribution < 1.29 is 14.3 Å². The number of nitrogens with zero attached hydrogens (tertiary/aromatic N) is 2. The first-order valence-electron chi connectivity index (χ1n) is 9.71. The molecule has 6 heteroatoms. The van der Waals surface area contributed by atoms with Crippen LogP contribution in [0.3, 0.4) is 0 Å². The van der Waals surface area contributed by atoms with Crippen LogP contribution < -0.4 is 5.32 Å². The molecule has 1 atom stereocenters. The molecule has 1 aliphatic rings. The van der Waals surface area contributed by atoms with Crippen LogP contribution in [-0.4, -0.2) is 54.0 Å². The zero-order valence-corrected chi connectivity index (χ0v) is 16.5. The summed E-state index contributed by atoms with van der Waals surface area (Å²) in [6.07, 6.45) is 5.23.